The third-order valence-corrected chi connectivity index (χ3v) is 5.80. The molecule has 0 atom stereocenters. The summed E-state index contributed by atoms with van der Waals surface area (Å²) in [5.74, 6) is 1.40. The van der Waals surface area contributed by atoms with Crippen LogP contribution in [0.25, 0.3) is 0 Å². The average molecular weight is 435 g/mol. The van der Waals surface area contributed by atoms with Crippen molar-refractivity contribution < 1.29 is 13.9 Å². The Labute approximate surface area is 187 Å². The lowest BCUT2D eigenvalue weighted by molar-refractivity contribution is -0.120. The number of carbonyl (C=O) groups excluding carboxylic acids is 1. The predicted octanol–water partition coefficient (Wildman–Crippen LogP) is 5.13. The molecule has 0 unspecified atom stereocenters. The smallest absolute Gasteiger partial charge is 0.263 e. The van der Waals surface area contributed by atoms with Crippen LogP contribution in [0.5, 0.6) is 11.6 Å². The molecule has 0 aliphatic carbocycles. The van der Waals surface area contributed by atoms with Gasteiger partial charge in [-0.25, -0.2) is 14.4 Å². The van der Waals surface area contributed by atoms with Gasteiger partial charge in [0.25, 0.3) is 5.88 Å². The summed E-state index contributed by atoms with van der Waals surface area (Å²) >= 11 is 0. The van der Waals surface area contributed by atoms with E-state index in [0.29, 0.717) is 54.6 Å². The van der Waals surface area contributed by atoms with Crippen molar-refractivity contribution in [1.82, 2.24) is 9.97 Å². The number of rotatable bonds is 6. The van der Waals surface area contributed by atoms with Crippen molar-refractivity contribution in [2.75, 3.05) is 23.3 Å². The maximum Gasteiger partial charge on any atom is 0.263 e. The van der Waals surface area contributed by atoms with E-state index >= 15 is 0 Å². The van der Waals surface area contributed by atoms with E-state index in [4.69, 9.17) is 4.74 Å². The van der Waals surface area contributed by atoms with Gasteiger partial charge in [0.2, 0.25) is 5.91 Å². The summed E-state index contributed by atoms with van der Waals surface area (Å²) in [7, 11) is 0. The fourth-order valence-corrected chi connectivity index (χ4v) is 3.87. The molecule has 1 N–H and O–H groups in total. The number of piperidine rings is 1. The predicted molar refractivity (Wildman–Crippen MR) is 123 cm³/mol. The van der Waals surface area contributed by atoms with E-state index in [2.05, 4.69) is 27.1 Å². The Kier molecular flexibility index (Phi) is 6.63. The number of nitrogens with zero attached hydrogens (tertiary/aromatic N) is 3. The van der Waals surface area contributed by atoms with Crippen molar-refractivity contribution in [2.45, 2.75) is 33.1 Å². The van der Waals surface area contributed by atoms with E-state index in [-0.39, 0.29) is 17.6 Å². The van der Waals surface area contributed by atoms with Crippen molar-refractivity contribution >= 4 is 17.4 Å². The van der Waals surface area contributed by atoms with Crippen LogP contribution in [0.4, 0.5) is 15.9 Å². The fourth-order valence-electron chi connectivity index (χ4n) is 3.87. The van der Waals surface area contributed by atoms with Crippen molar-refractivity contribution in [3.63, 3.8) is 0 Å². The maximum absolute atomic E-state index is 13.3. The van der Waals surface area contributed by atoms with E-state index in [0.717, 1.165) is 6.42 Å². The van der Waals surface area contributed by atoms with Gasteiger partial charge in [-0.2, -0.15) is 0 Å². The quantitative estimate of drug-likeness (QED) is 0.582. The van der Waals surface area contributed by atoms with Gasteiger partial charge >= 0.3 is 0 Å². The Hall–Kier alpha value is -3.48. The normalized spacial score (nSPS) is 14.3. The number of hydrogen-bond acceptors (Lipinski definition) is 5. The topological polar surface area (TPSA) is 67.4 Å². The molecule has 1 saturated heterocycles. The van der Waals surface area contributed by atoms with E-state index < -0.39 is 0 Å². The van der Waals surface area contributed by atoms with E-state index in [9.17, 15) is 9.18 Å². The molecule has 1 amide bonds. The van der Waals surface area contributed by atoms with Gasteiger partial charge < -0.3 is 15.0 Å². The van der Waals surface area contributed by atoms with Gasteiger partial charge in [-0.3, -0.25) is 4.79 Å². The third kappa shape index (κ3) is 5.04. The molecular formula is C25H27FN4O2. The van der Waals surface area contributed by atoms with Gasteiger partial charge in [0.15, 0.2) is 5.82 Å². The van der Waals surface area contributed by atoms with Crippen LogP contribution < -0.4 is 15.0 Å². The first-order valence-electron chi connectivity index (χ1n) is 10.9. The summed E-state index contributed by atoms with van der Waals surface area (Å²) in [6.07, 6.45) is 5.61. The number of aromatic nitrogens is 2. The van der Waals surface area contributed by atoms with E-state index in [1.165, 1.54) is 17.7 Å². The van der Waals surface area contributed by atoms with Crippen LogP contribution in [0.2, 0.25) is 0 Å². The van der Waals surface area contributed by atoms with Crippen LogP contribution in [0.3, 0.4) is 0 Å². The van der Waals surface area contributed by atoms with Crippen LogP contribution >= 0.6 is 0 Å². The number of amides is 1. The Morgan fingerprint density at radius 1 is 1.12 bits per heavy atom. The minimum absolute atomic E-state index is 0.0361. The SMILES string of the molecule is CCc1ccc(Oc2nccnc2N2CCC(C(=O)Nc3ccc(F)cc3C)CC2)cc1. The number of aryl methyl sites for hydroxylation is 2. The number of benzene rings is 2. The highest BCUT2D eigenvalue weighted by Gasteiger charge is 2.28. The van der Waals surface area contributed by atoms with Crippen LogP contribution in [-0.2, 0) is 11.2 Å². The number of carbonyl (C=O) groups is 1. The molecule has 2 heterocycles. The van der Waals surface area contributed by atoms with Gasteiger partial charge in [0.05, 0.1) is 0 Å². The molecule has 7 heteroatoms. The highest BCUT2D eigenvalue weighted by molar-refractivity contribution is 5.93. The average Bonchev–Trinajstić information content (AvgIpc) is 2.82. The lowest BCUT2D eigenvalue weighted by atomic mass is 9.95. The summed E-state index contributed by atoms with van der Waals surface area (Å²) in [5, 5.41) is 2.94. The fraction of sp³-hybridized carbons (Fsp3) is 0.320. The summed E-state index contributed by atoms with van der Waals surface area (Å²) in [6.45, 7) is 5.24. The number of anilines is 2. The summed E-state index contributed by atoms with van der Waals surface area (Å²) in [4.78, 5) is 23.7. The molecule has 4 rings (SSSR count). The monoisotopic (exact) mass is 434 g/mol. The van der Waals surface area contributed by atoms with Crippen LogP contribution in [-0.4, -0.2) is 29.0 Å². The number of nitrogens with one attached hydrogen (secondary N) is 1. The summed E-state index contributed by atoms with van der Waals surface area (Å²) in [5.41, 5.74) is 2.61. The number of ether oxygens (including phenoxy) is 1. The lowest BCUT2D eigenvalue weighted by Crippen LogP contribution is -2.38. The number of halogens is 1. The maximum atomic E-state index is 13.3. The van der Waals surface area contributed by atoms with Gasteiger partial charge in [-0.05, 0) is 67.6 Å². The van der Waals surface area contributed by atoms with Crippen molar-refractivity contribution in [2.24, 2.45) is 5.92 Å². The Bertz CT molecular complexity index is 1080. The molecule has 1 aromatic heterocycles. The van der Waals surface area contributed by atoms with E-state index in [1.54, 1.807) is 25.4 Å². The van der Waals surface area contributed by atoms with Crippen LogP contribution in [0, 0.1) is 18.7 Å². The van der Waals surface area contributed by atoms with Crippen molar-refractivity contribution in [3.8, 4) is 11.6 Å². The highest BCUT2D eigenvalue weighted by atomic mass is 19.1. The van der Waals surface area contributed by atoms with E-state index in [1.807, 2.05) is 24.3 Å². The molecular weight excluding hydrogens is 407 g/mol. The van der Waals surface area contributed by atoms with Crippen molar-refractivity contribution in [3.05, 3.63) is 71.8 Å². The second-order valence-corrected chi connectivity index (χ2v) is 7.99. The molecule has 6 nitrogen and oxygen atoms in total. The van der Waals surface area contributed by atoms with Gasteiger partial charge in [0, 0.05) is 37.1 Å². The molecule has 0 saturated carbocycles. The molecule has 0 radical (unpaired) electrons. The molecule has 0 spiro atoms. The zero-order chi connectivity index (χ0) is 22.5. The molecule has 2 aromatic carbocycles. The van der Waals surface area contributed by atoms with Gasteiger partial charge in [-0.15, -0.1) is 0 Å². The zero-order valence-corrected chi connectivity index (χ0v) is 18.3. The molecule has 1 fully saturated rings. The summed E-state index contributed by atoms with van der Waals surface area (Å²) < 4.78 is 19.3. The first kappa shape index (κ1) is 21.7. The standard InChI is InChI=1S/C25H27FN4O2/c1-3-18-4-7-21(8-5-18)32-25-23(27-12-13-28-25)30-14-10-19(11-15-30)24(31)29-22-9-6-20(26)16-17(22)2/h4-9,12-13,16,19H,3,10-11,14-15H2,1-2H3,(H,29,31). The second kappa shape index (κ2) is 9.77. The third-order valence-electron chi connectivity index (χ3n) is 5.80. The Morgan fingerprint density at radius 3 is 2.53 bits per heavy atom. The minimum atomic E-state index is -0.308. The minimum Gasteiger partial charge on any atom is -0.436 e. The second-order valence-electron chi connectivity index (χ2n) is 7.99. The largest absolute Gasteiger partial charge is 0.436 e. The van der Waals surface area contributed by atoms with Crippen molar-refractivity contribution in [1.29, 1.82) is 0 Å². The highest BCUT2D eigenvalue weighted by Crippen LogP contribution is 2.31. The Balaban J connectivity index is 1.39. The molecule has 1 aliphatic rings. The first-order valence-corrected chi connectivity index (χ1v) is 10.9. The number of hydrogen-bond donors (Lipinski definition) is 1. The molecule has 3 aromatic rings. The molecule has 1 aliphatic heterocycles. The van der Waals surface area contributed by atoms with Crippen LogP contribution in [0.15, 0.2) is 54.9 Å². The Morgan fingerprint density at radius 2 is 1.84 bits per heavy atom. The van der Waals surface area contributed by atoms with Gasteiger partial charge in [0.1, 0.15) is 11.6 Å². The molecule has 0 bridgehead atoms. The van der Waals surface area contributed by atoms with Crippen LogP contribution in [0.1, 0.15) is 30.9 Å². The lowest BCUT2D eigenvalue weighted by Gasteiger charge is -2.32. The molecule has 166 valence electrons. The zero-order valence-electron chi connectivity index (χ0n) is 18.3. The molecule has 32 heavy (non-hydrogen) atoms. The first-order chi connectivity index (χ1) is 15.5. The van der Waals surface area contributed by atoms with Gasteiger partial charge in [-0.1, -0.05) is 19.1 Å². The summed E-state index contributed by atoms with van der Waals surface area (Å²) in [6, 6.07) is 12.3.